The van der Waals surface area contributed by atoms with Gasteiger partial charge in [-0.1, -0.05) is 36.8 Å². The van der Waals surface area contributed by atoms with Crippen molar-refractivity contribution in [1.29, 1.82) is 0 Å². The number of carbonyl (C=O) groups excluding carboxylic acids is 2. The van der Waals surface area contributed by atoms with Crippen molar-refractivity contribution >= 4 is 23.2 Å². The molecule has 0 spiro atoms. The van der Waals surface area contributed by atoms with Crippen molar-refractivity contribution in [2.75, 3.05) is 26.2 Å². The highest BCUT2D eigenvalue weighted by Crippen LogP contribution is 2.25. The number of carbonyl (C=O) groups is 2. The molecule has 0 aliphatic carbocycles. The molecule has 3 saturated heterocycles. The number of piperazine rings is 1. The summed E-state index contributed by atoms with van der Waals surface area (Å²) in [6.45, 7) is 5.42. The summed E-state index contributed by atoms with van der Waals surface area (Å²) >= 11 is 1.86. The van der Waals surface area contributed by atoms with Crippen molar-refractivity contribution in [3.63, 3.8) is 0 Å². The van der Waals surface area contributed by atoms with Crippen LogP contribution in [0, 0.1) is 0 Å². The summed E-state index contributed by atoms with van der Waals surface area (Å²) in [6.07, 6.45) is 4.63. The predicted molar refractivity (Wildman–Crippen MR) is 132 cm³/mol. The van der Waals surface area contributed by atoms with E-state index in [-0.39, 0.29) is 30.5 Å². The Kier molecular flexibility index (Phi) is 7.59. The topological polar surface area (TPSA) is 73.9 Å². The third-order valence-electron chi connectivity index (χ3n) is 7.01. The van der Waals surface area contributed by atoms with Crippen molar-refractivity contribution in [2.24, 2.45) is 0 Å². The zero-order chi connectivity index (χ0) is 23.3. The van der Waals surface area contributed by atoms with Crippen molar-refractivity contribution in [2.45, 2.75) is 63.5 Å². The van der Waals surface area contributed by atoms with E-state index in [2.05, 4.69) is 27.7 Å². The molecule has 1 aromatic carbocycles. The molecule has 34 heavy (non-hydrogen) atoms. The Labute approximate surface area is 205 Å². The van der Waals surface area contributed by atoms with E-state index in [1.807, 2.05) is 41.7 Å². The number of likely N-dealkylation sites (tertiary alicyclic amines) is 1. The van der Waals surface area contributed by atoms with E-state index in [1.54, 1.807) is 4.90 Å². The van der Waals surface area contributed by atoms with Gasteiger partial charge >= 0.3 is 0 Å². The molecule has 3 aliphatic heterocycles. The second kappa shape index (κ2) is 11.0. The molecule has 0 bridgehead atoms. The normalized spacial score (nSPS) is 25.4. The molecule has 4 heterocycles. The van der Waals surface area contributed by atoms with Crippen LogP contribution in [-0.4, -0.2) is 66.0 Å². The summed E-state index contributed by atoms with van der Waals surface area (Å²) in [5.41, 5.74) is 1.05. The van der Waals surface area contributed by atoms with Gasteiger partial charge in [0.05, 0.1) is 13.2 Å². The maximum atomic E-state index is 13.0. The first-order valence-electron chi connectivity index (χ1n) is 12.4. The molecule has 2 N–H and O–H groups in total. The molecule has 3 atom stereocenters. The van der Waals surface area contributed by atoms with Crippen LogP contribution in [0.2, 0.25) is 0 Å². The highest BCUT2D eigenvalue weighted by molar-refractivity contribution is 7.11. The molecule has 0 saturated carbocycles. The fourth-order valence-electron chi connectivity index (χ4n) is 5.17. The first-order valence-corrected chi connectivity index (χ1v) is 13.2. The first-order chi connectivity index (χ1) is 16.7. The van der Waals surface area contributed by atoms with Crippen molar-refractivity contribution in [1.82, 2.24) is 20.4 Å². The molecule has 0 unspecified atom stereocenters. The van der Waals surface area contributed by atoms with Crippen molar-refractivity contribution in [3.05, 3.63) is 57.8 Å². The Morgan fingerprint density at radius 3 is 2.65 bits per heavy atom. The minimum Gasteiger partial charge on any atom is -0.374 e. The molecule has 1 aromatic heterocycles. The monoisotopic (exact) mass is 482 g/mol. The van der Waals surface area contributed by atoms with Crippen LogP contribution in [0.15, 0.2) is 42.5 Å². The number of ether oxygens (including phenoxy) is 1. The smallest absolute Gasteiger partial charge is 0.248 e. The third-order valence-corrected chi connectivity index (χ3v) is 8.08. The highest BCUT2D eigenvalue weighted by atomic mass is 32.1. The van der Waals surface area contributed by atoms with E-state index in [4.69, 9.17) is 4.74 Å². The first kappa shape index (κ1) is 23.5. The van der Waals surface area contributed by atoms with E-state index in [0.717, 1.165) is 18.7 Å². The van der Waals surface area contributed by atoms with Crippen molar-refractivity contribution in [3.8, 4) is 0 Å². The number of benzene rings is 1. The van der Waals surface area contributed by atoms with Crippen LogP contribution in [0.1, 0.15) is 41.0 Å². The second-order valence-corrected chi connectivity index (χ2v) is 10.8. The van der Waals surface area contributed by atoms with E-state index < -0.39 is 6.04 Å². The molecule has 7 nitrogen and oxygen atoms in total. The number of piperidine rings is 1. The average molecular weight is 483 g/mol. The Bertz CT molecular complexity index is 975. The zero-order valence-electron chi connectivity index (χ0n) is 19.6. The largest absolute Gasteiger partial charge is 0.374 e. The SMILES string of the molecule is O=C1N[C@@H](COCc2ccccc2)C(=O)N2C[C@@H](NCc3ccc(CN4CCCCC4)s3)C[C@@H]12. The van der Waals surface area contributed by atoms with Crippen LogP contribution in [-0.2, 0) is 34.0 Å². The maximum Gasteiger partial charge on any atom is 0.248 e. The van der Waals surface area contributed by atoms with Gasteiger partial charge in [-0.15, -0.1) is 11.3 Å². The number of hydrogen-bond donors (Lipinski definition) is 2. The van der Waals surface area contributed by atoms with E-state index in [1.165, 1.54) is 42.1 Å². The quantitative estimate of drug-likeness (QED) is 0.575. The molecule has 2 aromatic rings. The predicted octanol–water partition coefficient (Wildman–Crippen LogP) is 2.51. The van der Waals surface area contributed by atoms with Gasteiger partial charge < -0.3 is 20.3 Å². The van der Waals surface area contributed by atoms with Crippen molar-refractivity contribution < 1.29 is 14.3 Å². The summed E-state index contributed by atoms with van der Waals surface area (Å²) in [5, 5.41) is 6.46. The number of thiophene rings is 1. The fraction of sp³-hybridized carbons (Fsp3) is 0.538. The van der Waals surface area contributed by atoms with Gasteiger partial charge in [0.2, 0.25) is 11.8 Å². The molecule has 3 fully saturated rings. The van der Waals surface area contributed by atoms with Crippen LogP contribution in [0.3, 0.4) is 0 Å². The average Bonchev–Trinajstić information content (AvgIpc) is 3.50. The lowest BCUT2D eigenvalue weighted by atomic mass is 10.1. The lowest BCUT2D eigenvalue weighted by Crippen LogP contribution is -2.62. The minimum absolute atomic E-state index is 0.0399. The summed E-state index contributed by atoms with van der Waals surface area (Å²) in [7, 11) is 0. The Balaban J connectivity index is 1.09. The van der Waals surface area contributed by atoms with Crippen LogP contribution in [0.5, 0.6) is 0 Å². The van der Waals surface area contributed by atoms with E-state index in [0.29, 0.717) is 19.6 Å². The lowest BCUT2D eigenvalue weighted by molar-refractivity contribution is -0.148. The van der Waals surface area contributed by atoms with Gasteiger partial charge in [0.15, 0.2) is 0 Å². The summed E-state index contributed by atoms with van der Waals surface area (Å²) in [5.74, 6) is -0.112. The molecule has 2 amide bonds. The van der Waals surface area contributed by atoms with Crippen LogP contribution in [0.4, 0.5) is 0 Å². The van der Waals surface area contributed by atoms with Gasteiger partial charge in [-0.05, 0) is 50.0 Å². The van der Waals surface area contributed by atoms with Gasteiger partial charge in [-0.3, -0.25) is 14.5 Å². The van der Waals surface area contributed by atoms with E-state index in [9.17, 15) is 9.59 Å². The number of hydrogen-bond acceptors (Lipinski definition) is 6. The van der Waals surface area contributed by atoms with E-state index >= 15 is 0 Å². The standard InChI is InChI=1S/C26H34N4O3S/c31-25-24-13-20(27-14-21-9-10-22(34-21)16-29-11-5-2-6-12-29)15-30(24)26(32)23(28-25)18-33-17-19-7-3-1-4-8-19/h1,3-4,7-10,20,23-24,27H,2,5-6,11-18H2,(H,28,31)/t20-,23-,24-/m0/s1. The lowest BCUT2D eigenvalue weighted by Gasteiger charge is -2.34. The molecule has 182 valence electrons. The minimum atomic E-state index is -0.610. The van der Waals surface area contributed by atoms with Gasteiger partial charge in [0.1, 0.15) is 12.1 Å². The number of fused-ring (bicyclic) bond motifs is 1. The van der Waals surface area contributed by atoms with Crippen LogP contribution >= 0.6 is 11.3 Å². The van der Waals surface area contributed by atoms with Crippen LogP contribution < -0.4 is 10.6 Å². The number of rotatable bonds is 9. The van der Waals surface area contributed by atoms with Gasteiger partial charge in [-0.2, -0.15) is 0 Å². The Morgan fingerprint density at radius 1 is 1.03 bits per heavy atom. The fourth-order valence-corrected chi connectivity index (χ4v) is 6.18. The van der Waals surface area contributed by atoms with Gasteiger partial charge in [0.25, 0.3) is 0 Å². The summed E-state index contributed by atoms with van der Waals surface area (Å²) in [6, 6.07) is 13.4. The van der Waals surface area contributed by atoms with Gasteiger partial charge in [-0.25, -0.2) is 0 Å². The molecule has 3 aliphatic rings. The zero-order valence-corrected chi connectivity index (χ0v) is 20.4. The Morgan fingerprint density at radius 2 is 1.82 bits per heavy atom. The molecule has 5 rings (SSSR count). The van der Waals surface area contributed by atoms with Crippen LogP contribution in [0.25, 0.3) is 0 Å². The maximum absolute atomic E-state index is 13.0. The summed E-state index contributed by atoms with van der Waals surface area (Å²) < 4.78 is 5.74. The second-order valence-electron chi connectivity index (χ2n) is 9.59. The highest BCUT2D eigenvalue weighted by Gasteiger charge is 2.46. The third kappa shape index (κ3) is 5.68. The Hall–Kier alpha value is -2.26. The number of amides is 2. The number of nitrogens with zero attached hydrogens (tertiary/aromatic N) is 2. The summed E-state index contributed by atoms with van der Waals surface area (Å²) in [4.78, 5) is 32.7. The molecular formula is C26H34N4O3S. The molecular weight excluding hydrogens is 448 g/mol. The molecule has 0 radical (unpaired) electrons. The van der Waals surface area contributed by atoms with Gasteiger partial charge in [0, 0.05) is 35.4 Å². The molecule has 8 heteroatoms. The number of nitrogens with one attached hydrogen (secondary N) is 2.